The summed E-state index contributed by atoms with van der Waals surface area (Å²) < 4.78 is 0. The molecule has 2 nitrogen and oxygen atoms in total. The lowest BCUT2D eigenvalue weighted by Crippen LogP contribution is -2.07. The topological polar surface area (TPSA) is 46.2 Å². The van der Waals surface area contributed by atoms with Gasteiger partial charge < -0.3 is 10.8 Å². The molecule has 0 aliphatic heterocycles. The van der Waals surface area contributed by atoms with Gasteiger partial charge in [0.15, 0.2) is 0 Å². The molecule has 1 aliphatic carbocycles. The highest BCUT2D eigenvalue weighted by atomic mass is 16.3. The van der Waals surface area contributed by atoms with Gasteiger partial charge in [-0.15, -0.1) is 0 Å². The molecule has 1 saturated carbocycles. The van der Waals surface area contributed by atoms with Crippen LogP contribution in [0.4, 0.5) is 0 Å². The monoisotopic (exact) mass is 233 g/mol. The van der Waals surface area contributed by atoms with Gasteiger partial charge in [0.2, 0.25) is 0 Å². The maximum atomic E-state index is 9.78. The van der Waals surface area contributed by atoms with Gasteiger partial charge in [-0.2, -0.15) is 0 Å². The number of aliphatic hydroxyl groups is 1. The molecular weight excluding hydrogens is 210 g/mol. The van der Waals surface area contributed by atoms with Gasteiger partial charge in [-0.1, -0.05) is 24.3 Å². The lowest BCUT2D eigenvalue weighted by molar-refractivity contribution is 0.140. The number of benzene rings is 1. The number of nitrogens with two attached hydrogens (primary N) is 1. The van der Waals surface area contributed by atoms with Gasteiger partial charge in [0.1, 0.15) is 0 Å². The molecule has 1 aromatic carbocycles. The highest BCUT2D eigenvalue weighted by Crippen LogP contribution is 2.39. The van der Waals surface area contributed by atoms with Crippen molar-refractivity contribution < 1.29 is 5.11 Å². The van der Waals surface area contributed by atoms with E-state index < -0.39 is 0 Å². The molecule has 1 aromatic rings. The number of unbranched alkanes of at least 4 members (excludes halogenated alkanes) is 1. The average Bonchev–Trinajstić information content (AvgIpc) is 3.07. The van der Waals surface area contributed by atoms with Crippen LogP contribution in [0, 0.1) is 0 Å². The molecule has 1 aliphatic rings. The zero-order chi connectivity index (χ0) is 12.1. The Hall–Kier alpha value is -0.860. The van der Waals surface area contributed by atoms with Crippen molar-refractivity contribution >= 4 is 0 Å². The van der Waals surface area contributed by atoms with E-state index in [9.17, 15) is 5.11 Å². The third-order valence-electron chi connectivity index (χ3n) is 3.65. The fraction of sp³-hybridized carbons (Fsp3) is 0.600. The number of aryl methyl sites for hydroxylation is 2. The van der Waals surface area contributed by atoms with Crippen LogP contribution in [0.5, 0.6) is 0 Å². The Morgan fingerprint density at radius 1 is 1.00 bits per heavy atom. The lowest BCUT2D eigenvalue weighted by Gasteiger charge is -2.08. The van der Waals surface area contributed by atoms with Crippen LogP contribution in [0.15, 0.2) is 24.3 Å². The van der Waals surface area contributed by atoms with Gasteiger partial charge in [0.25, 0.3) is 0 Å². The van der Waals surface area contributed by atoms with E-state index in [4.69, 9.17) is 5.73 Å². The van der Waals surface area contributed by atoms with Crippen LogP contribution in [0.1, 0.15) is 43.2 Å². The predicted molar refractivity (Wildman–Crippen MR) is 70.9 cm³/mol. The van der Waals surface area contributed by atoms with Crippen molar-refractivity contribution in [3.8, 4) is 0 Å². The molecule has 94 valence electrons. The van der Waals surface area contributed by atoms with Crippen LogP contribution in [0.3, 0.4) is 0 Å². The molecule has 0 saturated heterocycles. The maximum Gasteiger partial charge on any atom is 0.0653 e. The molecular formula is C15H23NO. The van der Waals surface area contributed by atoms with Gasteiger partial charge in [0, 0.05) is 0 Å². The van der Waals surface area contributed by atoms with Crippen molar-refractivity contribution in [3.63, 3.8) is 0 Å². The largest absolute Gasteiger partial charge is 0.390 e. The van der Waals surface area contributed by atoms with Crippen molar-refractivity contribution in [1.29, 1.82) is 0 Å². The van der Waals surface area contributed by atoms with E-state index >= 15 is 0 Å². The summed E-state index contributed by atoms with van der Waals surface area (Å²) in [5, 5.41) is 9.78. The van der Waals surface area contributed by atoms with Crippen molar-refractivity contribution in [2.45, 2.75) is 50.5 Å². The van der Waals surface area contributed by atoms with Crippen LogP contribution in [-0.2, 0) is 12.8 Å². The minimum atomic E-state index is -0.320. The van der Waals surface area contributed by atoms with Gasteiger partial charge in [0.05, 0.1) is 5.60 Å². The summed E-state index contributed by atoms with van der Waals surface area (Å²) in [4.78, 5) is 0. The van der Waals surface area contributed by atoms with E-state index in [0.29, 0.717) is 0 Å². The van der Waals surface area contributed by atoms with Gasteiger partial charge in [-0.05, 0) is 62.6 Å². The average molecular weight is 233 g/mol. The van der Waals surface area contributed by atoms with Gasteiger partial charge in [-0.25, -0.2) is 0 Å². The lowest BCUT2D eigenvalue weighted by atomic mass is 10.0. The molecule has 2 rings (SSSR count). The fourth-order valence-electron chi connectivity index (χ4n) is 2.12. The minimum absolute atomic E-state index is 0.320. The molecule has 3 N–H and O–H groups in total. The summed E-state index contributed by atoms with van der Waals surface area (Å²) in [7, 11) is 0. The summed E-state index contributed by atoms with van der Waals surface area (Å²) in [5.74, 6) is 0. The van der Waals surface area contributed by atoms with Crippen LogP contribution in [0.2, 0.25) is 0 Å². The van der Waals surface area contributed by atoms with E-state index in [1.54, 1.807) is 0 Å². The van der Waals surface area contributed by atoms with Crippen LogP contribution in [-0.4, -0.2) is 17.3 Å². The van der Waals surface area contributed by atoms with E-state index in [-0.39, 0.29) is 5.60 Å². The summed E-state index contributed by atoms with van der Waals surface area (Å²) in [6.07, 6.45) is 7.30. The summed E-state index contributed by atoms with van der Waals surface area (Å²) in [6, 6.07) is 8.82. The highest BCUT2D eigenvalue weighted by Gasteiger charge is 2.39. The SMILES string of the molecule is NCCCCc1ccc(CCC2(O)CC2)cc1. The second-order valence-corrected chi connectivity index (χ2v) is 5.29. The zero-order valence-electron chi connectivity index (χ0n) is 10.5. The van der Waals surface area contributed by atoms with E-state index in [1.807, 2.05) is 0 Å². The smallest absolute Gasteiger partial charge is 0.0653 e. The molecule has 2 heteroatoms. The number of hydrogen-bond donors (Lipinski definition) is 2. The Balaban J connectivity index is 1.76. The fourth-order valence-corrected chi connectivity index (χ4v) is 2.12. The third kappa shape index (κ3) is 4.14. The van der Waals surface area contributed by atoms with Crippen molar-refractivity contribution in [1.82, 2.24) is 0 Å². The first-order valence-corrected chi connectivity index (χ1v) is 6.72. The normalized spacial score (nSPS) is 17.1. The predicted octanol–water partition coefficient (Wildman–Crippen LogP) is 2.43. The van der Waals surface area contributed by atoms with E-state index in [0.717, 1.165) is 45.1 Å². The Kier molecular flexibility index (Phi) is 4.19. The molecule has 0 unspecified atom stereocenters. The molecule has 0 spiro atoms. The minimum Gasteiger partial charge on any atom is -0.390 e. The molecule has 0 radical (unpaired) electrons. The summed E-state index contributed by atoms with van der Waals surface area (Å²) in [5.41, 5.74) is 7.90. The van der Waals surface area contributed by atoms with Gasteiger partial charge in [-0.3, -0.25) is 0 Å². The van der Waals surface area contributed by atoms with Crippen molar-refractivity contribution in [2.24, 2.45) is 5.73 Å². The highest BCUT2D eigenvalue weighted by molar-refractivity contribution is 5.23. The van der Waals surface area contributed by atoms with Crippen LogP contribution >= 0.6 is 0 Å². The molecule has 0 bridgehead atoms. The third-order valence-corrected chi connectivity index (χ3v) is 3.65. The van der Waals surface area contributed by atoms with Gasteiger partial charge >= 0.3 is 0 Å². The van der Waals surface area contributed by atoms with E-state index in [2.05, 4.69) is 24.3 Å². The Morgan fingerprint density at radius 2 is 1.59 bits per heavy atom. The molecule has 0 atom stereocenters. The molecule has 0 aromatic heterocycles. The van der Waals surface area contributed by atoms with Crippen molar-refractivity contribution in [3.05, 3.63) is 35.4 Å². The first-order valence-electron chi connectivity index (χ1n) is 6.72. The van der Waals surface area contributed by atoms with E-state index in [1.165, 1.54) is 17.5 Å². The summed E-state index contributed by atoms with van der Waals surface area (Å²) in [6.45, 7) is 0.788. The Morgan fingerprint density at radius 3 is 2.12 bits per heavy atom. The van der Waals surface area contributed by atoms with Crippen LogP contribution < -0.4 is 5.73 Å². The molecule has 0 amide bonds. The molecule has 0 heterocycles. The molecule has 1 fully saturated rings. The molecule has 17 heavy (non-hydrogen) atoms. The first kappa shape index (κ1) is 12.6. The quantitative estimate of drug-likeness (QED) is 0.710. The number of hydrogen-bond acceptors (Lipinski definition) is 2. The Labute approximate surface area is 104 Å². The number of rotatable bonds is 7. The first-order chi connectivity index (χ1) is 8.22. The second kappa shape index (κ2) is 5.65. The second-order valence-electron chi connectivity index (χ2n) is 5.29. The zero-order valence-corrected chi connectivity index (χ0v) is 10.5. The van der Waals surface area contributed by atoms with Crippen molar-refractivity contribution in [2.75, 3.05) is 6.54 Å². The van der Waals surface area contributed by atoms with Crippen LogP contribution in [0.25, 0.3) is 0 Å². The standard InChI is InChI=1S/C15H23NO/c16-12-2-1-3-13-4-6-14(7-5-13)8-9-15(17)10-11-15/h4-7,17H,1-3,8-12,16H2. The summed E-state index contributed by atoms with van der Waals surface area (Å²) >= 11 is 0. The Bertz CT molecular complexity index is 340. The maximum absolute atomic E-state index is 9.78.